The number of aliphatic hydroxyl groups is 1. The van der Waals surface area contributed by atoms with Crippen LogP contribution in [0, 0.1) is 11.8 Å². The zero-order chi connectivity index (χ0) is 8.85. The molecule has 0 radical (unpaired) electrons. The second-order valence-corrected chi connectivity index (χ2v) is 3.72. The molecule has 0 rings (SSSR count). The molecule has 0 saturated carbocycles. The molecular weight excluding hydrogens is 136 g/mol. The Kier molecular flexibility index (Phi) is 5.22. The molecule has 1 heteroatoms. The number of aliphatic hydroxyl groups excluding tert-OH is 1. The van der Waals surface area contributed by atoms with Crippen molar-refractivity contribution in [1.82, 2.24) is 0 Å². The minimum Gasteiger partial charge on any atom is -0.392 e. The Bertz CT molecular complexity index is 123. The van der Waals surface area contributed by atoms with Gasteiger partial charge in [-0.05, 0) is 23.8 Å². The number of allylic oxidation sites excluding steroid dienone is 1. The van der Waals surface area contributed by atoms with Crippen molar-refractivity contribution in [3.05, 3.63) is 11.6 Å². The summed E-state index contributed by atoms with van der Waals surface area (Å²) in [6.45, 7) is 8.81. The van der Waals surface area contributed by atoms with Gasteiger partial charge in [-0.15, -0.1) is 0 Å². The third-order valence-corrected chi connectivity index (χ3v) is 1.78. The van der Waals surface area contributed by atoms with Gasteiger partial charge in [0.25, 0.3) is 0 Å². The van der Waals surface area contributed by atoms with E-state index >= 15 is 0 Å². The highest BCUT2D eigenvalue weighted by Crippen LogP contribution is 2.11. The molecule has 0 aromatic heterocycles. The first-order chi connectivity index (χ1) is 5.07. The molecule has 0 aliphatic rings. The summed E-state index contributed by atoms with van der Waals surface area (Å²) < 4.78 is 0. The fourth-order valence-corrected chi connectivity index (χ4v) is 0.870. The zero-order valence-corrected chi connectivity index (χ0v) is 8.09. The average molecular weight is 156 g/mol. The molecule has 11 heavy (non-hydrogen) atoms. The van der Waals surface area contributed by atoms with Crippen molar-refractivity contribution in [2.24, 2.45) is 11.8 Å². The Hall–Kier alpha value is -0.300. The van der Waals surface area contributed by atoms with Crippen molar-refractivity contribution in [1.29, 1.82) is 0 Å². The smallest absolute Gasteiger partial charge is 0.0644 e. The maximum Gasteiger partial charge on any atom is 0.0644 e. The van der Waals surface area contributed by atoms with E-state index in [1.165, 1.54) is 5.57 Å². The van der Waals surface area contributed by atoms with Crippen LogP contribution in [0.15, 0.2) is 11.6 Å². The Morgan fingerprint density at radius 2 is 1.82 bits per heavy atom. The molecule has 1 N–H and O–H groups in total. The Labute approximate surface area is 70.1 Å². The Balaban J connectivity index is 3.91. The first-order valence-corrected chi connectivity index (χ1v) is 4.37. The van der Waals surface area contributed by atoms with Gasteiger partial charge in [0.15, 0.2) is 0 Å². The van der Waals surface area contributed by atoms with Crippen LogP contribution >= 0.6 is 0 Å². The monoisotopic (exact) mass is 156 g/mol. The van der Waals surface area contributed by atoms with Crippen LogP contribution < -0.4 is 0 Å². The summed E-state index contributed by atoms with van der Waals surface area (Å²) in [5.74, 6) is 1.18. The predicted molar refractivity (Wildman–Crippen MR) is 49.5 cm³/mol. The summed E-state index contributed by atoms with van der Waals surface area (Å²) in [5.41, 5.74) is 1.17. The average Bonchev–Trinajstić information content (AvgIpc) is 1.87. The summed E-state index contributed by atoms with van der Waals surface area (Å²) in [4.78, 5) is 0. The molecule has 0 unspecified atom stereocenters. The lowest BCUT2D eigenvalue weighted by Gasteiger charge is -2.08. The normalized spacial score (nSPS) is 13.2. The van der Waals surface area contributed by atoms with Gasteiger partial charge in [-0.2, -0.15) is 0 Å². The van der Waals surface area contributed by atoms with Crippen molar-refractivity contribution < 1.29 is 5.11 Å². The summed E-state index contributed by atoms with van der Waals surface area (Å²) >= 11 is 0. The molecule has 0 bridgehead atoms. The van der Waals surface area contributed by atoms with Gasteiger partial charge >= 0.3 is 0 Å². The van der Waals surface area contributed by atoms with Gasteiger partial charge in [0, 0.05) is 0 Å². The van der Waals surface area contributed by atoms with Crippen molar-refractivity contribution in [2.45, 2.75) is 34.1 Å². The van der Waals surface area contributed by atoms with E-state index < -0.39 is 0 Å². The van der Waals surface area contributed by atoms with E-state index in [-0.39, 0.29) is 6.61 Å². The minimum atomic E-state index is 0.213. The molecule has 0 atom stereocenters. The fourth-order valence-electron chi connectivity index (χ4n) is 0.870. The molecule has 0 aromatic rings. The first kappa shape index (κ1) is 10.7. The molecule has 66 valence electrons. The van der Waals surface area contributed by atoms with E-state index in [0.29, 0.717) is 11.8 Å². The Morgan fingerprint density at radius 1 is 1.27 bits per heavy atom. The van der Waals surface area contributed by atoms with Gasteiger partial charge in [0.1, 0.15) is 0 Å². The number of hydrogen-bond donors (Lipinski definition) is 1. The van der Waals surface area contributed by atoms with Gasteiger partial charge < -0.3 is 5.11 Å². The molecule has 0 aromatic carbocycles. The summed E-state index contributed by atoms with van der Waals surface area (Å²) in [5, 5.41) is 8.94. The molecule has 0 fully saturated rings. The number of rotatable bonds is 4. The third kappa shape index (κ3) is 5.02. The lowest BCUT2D eigenvalue weighted by molar-refractivity contribution is 0.317. The van der Waals surface area contributed by atoms with Crippen molar-refractivity contribution in [2.75, 3.05) is 6.61 Å². The van der Waals surface area contributed by atoms with Crippen molar-refractivity contribution in [3.8, 4) is 0 Å². The van der Waals surface area contributed by atoms with E-state index in [1.807, 2.05) is 0 Å². The van der Waals surface area contributed by atoms with Crippen LogP contribution in [0.5, 0.6) is 0 Å². The third-order valence-electron chi connectivity index (χ3n) is 1.78. The lowest BCUT2D eigenvalue weighted by Crippen LogP contribution is -1.99. The van der Waals surface area contributed by atoms with Gasteiger partial charge in [0.2, 0.25) is 0 Å². The van der Waals surface area contributed by atoms with Gasteiger partial charge in [-0.3, -0.25) is 0 Å². The standard InChI is InChI=1S/C10H20O/c1-8(2)5-6-10(7-11)9(3)4/h6,8-9,11H,5,7H2,1-4H3. The number of hydrogen-bond acceptors (Lipinski definition) is 1. The van der Waals surface area contributed by atoms with E-state index in [0.717, 1.165) is 6.42 Å². The molecular formula is C10H20O. The molecule has 0 aliphatic carbocycles. The summed E-state index contributed by atoms with van der Waals surface area (Å²) in [6, 6.07) is 0. The first-order valence-electron chi connectivity index (χ1n) is 4.37. The van der Waals surface area contributed by atoms with E-state index in [4.69, 9.17) is 5.11 Å². The van der Waals surface area contributed by atoms with Crippen LogP contribution in [0.2, 0.25) is 0 Å². The molecule has 0 amide bonds. The molecule has 0 spiro atoms. The van der Waals surface area contributed by atoms with Crippen molar-refractivity contribution in [3.63, 3.8) is 0 Å². The van der Waals surface area contributed by atoms with E-state index in [1.54, 1.807) is 0 Å². The Morgan fingerprint density at radius 3 is 2.09 bits per heavy atom. The topological polar surface area (TPSA) is 20.2 Å². The second-order valence-electron chi connectivity index (χ2n) is 3.72. The van der Waals surface area contributed by atoms with Crippen LogP contribution in [-0.4, -0.2) is 11.7 Å². The van der Waals surface area contributed by atoms with Crippen LogP contribution in [0.1, 0.15) is 34.1 Å². The maximum absolute atomic E-state index is 8.94. The van der Waals surface area contributed by atoms with E-state index in [9.17, 15) is 0 Å². The van der Waals surface area contributed by atoms with Gasteiger partial charge in [-0.25, -0.2) is 0 Å². The van der Waals surface area contributed by atoms with Crippen LogP contribution in [-0.2, 0) is 0 Å². The molecule has 1 nitrogen and oxygen atoms in total. The van der Waals surface area contributed by atoms with Crippen LogP contribution in [0.4, 0.5) is 0 Å². The van der Waals surface area contributed by atoms with Crippen LogP contribution in [0.3, 0.4) is 0 Å². The zero-order valence-electron chi connectivity index (χ0n) is 8.09. The fraction of sp³-hybridized carbons (Fsp3) is 0.800. The minimum absolute atomic E-state index is 0.213. The van der Waals surface area contributed by atoms with Gasteiger partial charge in [0.05, 0.1) is 6.61 Å². The van der Waals surface area contributed by atoms with Crippen LogP contribution in [0.25, 0.3) is 0 Å². The molecule has 0 aliphatic heterocycles. The quantitative estimate of drug-likeness (QED) is 0.620. The summed E-state index contributed by atoms with van der Waals surface area (Å²) in [6.07, 6.45) is 3.24. The second kappa shape index (κ2) is 5.36. The molecule has 0 saturated heterocycles. The van der Waals surface area contributed by atoms with Crippen molar-refractivity contribution >= 4 is 0 Å². The lowest BCUT2D eigenvalue weighted by atomic mass is 10.0. The highest BCUT2D eigenvalue weighted by molar-refractivity contribution is 5.04. The van der Waals surface area contributed by atoms with Gasteiger partial charge in [-0.1, -0.05) is 33.8 Å². The maximum atomic E-state index is 8.94. The predicted octanol–water partition coefficient (Wildman–Crippen LogP) is 2.61. The van der Waals surface area contributed by atoms with E-state index in [2.05, 4.69) is 33.8 Å². The highest BCUT2D eigenvalue weighted by atomic mass is 16.3. The largest absolute Gasteiger partial charge is 0.392 e. The highest BCUT2D eigenvalue weighted by Gasteiger charge is 2.00. The summed E-state index contributed by atoms with van der Waals surface area (Å²) in [7, 11) is 0. The molecule has 0 heterocycles. The SMILES string of the molecule is CC(C)CC=C(CO)C(C)C.